The van der Waals surface area contributed by atoms with Gasteiger partial charge in [0, 0.05) is 13.1 Å². The van der Waals surface area contributed by atoms with Gasteiger partial charge in [-0.25, -0.2) is 0 Å². The molecule has 2 rings (SSSR count). The Morgan fingerprint density at radius 2 is 1.89 bits per heavy atom. The van der Waals surface area contributed by atoms with Crippen LogP contribution in [0.25, 0.3) is 0 Å². The molecule has 0 aromatic heterocycles. The molecule has 1 heterocycles. The Hall–Kier alpha value is -1.51. The van der Waals surface area contributed by atoms with Crippen molar-refractivity contribution in [1.29, 1.82) is 0 Å². The van der Waals surface area contributed by atoms with E-state index in [1.165, 1.54) is 0 Å². The molecule has 1 atom stereocenters. The number of amides is 1. The van der Waals surface area contributed by atoms with Gasteiger partial charge in [0.15, 0.2) is 6.10 Å². The first-order valence-electron chi connectivity index (χ1n) is 6.67. The van der Waals surface area contributed by atoms with E-state index in [4.69, 9.17) is 4.74 Å². The summed E-state index contributed by atoms with van der Waals surface area (Å²) in [4.78, 5) is 14.1. The Labute approximate surface area is 109 Å². The summed E-state index contributed by atoms with van der Waals surface area (Å²) in [5.74, 6) is 1.59. The lowest BCUT2D eigenvalue weighted by atomic mass is 9.99. The number of hydrogen-bond acceptors (Lipinski definition) is 2. The maximum atomic E-state index is 12.2. The highest BCUT2D eigenvalue weighted by Gasteiger charge is 2.25. The largest absolute Gasteiger partial charge is 0.481 e. The Bertz CT molecular complexity index is 383. The lowest BCUT2D eigenvalue weighted by molar-refractivity contribution is -0.139. The fourth-order valence-corrected chi connectivity index (χ4v) is 2.24. The lowest BCUT2D eigenvalue weighted by Gasteiger charge is -2.32. The molecule has 0 N–H and O–H groups in total. The third-order valence-electron chi connectivity index (χ3n) is 3.50. The van der Waals surface area contributed by atoms with Gasteiger partial charge in [0.2, 0.25) is 0 Å². The molecule has 0 radical (unpaired) electrons. The van der Waals surface area contributed by atoms with Gasteiger partial charge >= 0.3 is 0 Å². The van der Waals surface area contributed by atoms with Crippen molar-refractivity contribution in [2.75, 3.05) is 13.1 Å². The number of likely N-dealkylation sites (tertiary alicyclic amines) is 1. The third-order valence-corrected chi connectivity index (χ3v) is 3.50. The van der Waals surface area contributed by atoms with E-state index in [-0.39, 0.29) is 5.91 Å². The molecule has 3 heteroatoms. The molecule has 1 aliphatic rings. The average molecular weight is 247 g/mol. The number of rotatable bonds is 3. The van der Waals surface area contributed by atoms with Crippen LogP contribution in [0.15, 0.2) is 30.3 Å². The fraction of sp³-hybridized carbons (Fsp3) is 0.533. The van der Waals surface area contributed by atoms with Crippen molar-refractivity contribution in [3.63, 3.8) is 0 Å². The van der Waals surface area contributed by atoms with Crippen molar-refractivity contribution in [2.45, 2.75) is 32.8 Å². The molecular formula is C15H21NO2. The van der Waals surface area contributed by atoms with Gasteiger partial charge in [0.1, 0.15) is 5.75 Å². The van der Waals surface area contributed by atoms with Crippen molar-refractivity contribution in [1.82, 2.24) is 4.90 Å². The number of piperidine rings is 1. The summed E-state index contributed by atoms with van der Waals surface area (Å²) in [6.45, 7) is 5.80. The number of benzene rings is 1. The Kier molecular flexibility index (Phi) is 4.24. The van der Waals surface area contributed by atoms with E-state index >= 15 is 0 Å². The van der Waals surface area contributed by atoms with Crippen LogP contribution >= 0.6 is 0 Å². The second-order valence-electron chi connectivity index (χ2n) is 5.08. The molecule has 0 spiro atoms. The molecule has 0 bridgehead atoms. The first-order valence-corrected chi connectivity index (χ1v) is 6.67. The molecule has 18 heavy (non-hydrogen) atoms. The molecule has 1 saturated heterocycles. The molecule has 1 amide bonds. The van der Waals surface area contributed by atoms with E-state index < -0.39 is 6.10 Å². The zero-order valence-electron chi connectivity index (χ0n) is 11.1. The topological polar surface area (TPSA) is 29.5 Å². The second-order valence-corrected chi connectivity index (χ2v) is 5.08. The van der Waals surface area contributed by atoms with Crippen LogP contribution in [0.2, 0.25) is 0 Å². The van der Waals surface area contributed by atoms with Gasteiger partial charge in [-0.1, -0.05) is 25.1 Å². The molecule has 3 nitrogen and oxygen atoms in total. The van der Waals surface area contributed by atoms with Crippen LogP contribution in [0.1, 0.15) is 26.7 Å². The van der Waals surface area contributed by atoms with Crippen molar-refractivity contribution in [3.8, 4) is 5.75 Å². The monoisotopic (exact) mass is 247 g/mol. The zero-order chi connectivity index (χ0) is 13.0. The molecule has 98 valence electrons. The zero-order valence-corrected chi connectivity index (χ0v) is 11.1. The van der Waals surface area contributed by atoms with Crippen LogP contribution in [0, 0.1) is 5.92 Å². The van der Waals surface area contributed by atoms with E-state index in [0.29, 0.717) is 0 Å². The smallest absolute Gasteiger partial charge is 0.263 e. The summed E-state index contributed by atoms with van der Waals surface area (Å²) in [6.07, 6.45) is 1.80. The highest BCUT2D eigenvalue weighted by molar-refractivity contribution is 5.81. The van der Waals surface area contributed by atoms with E-state index in [0.717, 1.165) is 37.6 Å². The van der Waals surface area contributed by atoms with E-state index in [9.17, 15) is 4.79 Å². The number of carbonyl (C=O) groups excluding carboxylic acids is 1. The van der Waals surface area contributed by atoms with Crippen LogP contribution in [0.3, 0.4) is 0 Å². The Balaban J connectivity index is 1.89. The SMILES string of the molecule is CC1CCN(C(=O)[C@@H](C)Oc2ccccc2)CC1. The van der Waals surface area contributed by atoms with Crippen molar-refractivity contribution < 1.29 is 9.53 Å². The van der Waals surface area contributed by atoms with Crippen LogP contribution in [-0.2, 0) is 4.79 Å². The van der Waals surface area contributed by atoms with E-state index in [2.05, 4.69) is 6.92 Å². The maximum Gasteiger partial charge on any atom is 0.263 e. The lowest BCUT2D eigenvalue weighted by Crippen LogP contribution is -2.44. The molecule has 1 aromatic rings. The van der Waals surface area contributed by atoms with Crippen LogP contribution in [0.5, 0.6) is 5.75 Å². The summed E-state index contributed by atoms with van der Waals surface area (Å²) in [7, 11) is 0. The van der Waals surface area contributed by atoms with Crippen molar-refractivity contribution in [3.05, 3.63) is 30.3 Å². The average Bonchev–Trinajstić information content (AvgIpc) is 2.40. The standard InChI is InChI=1S/C15H21NO2/c1-12-8-10-16(11-9-12)15(17)13(2)18-14-6-4-3-5-7-14/h3-7,12-13H,8-11H2,1-2H3/t13-/m1/s1. The predicted molar refractivity (Wildman–Crippen MR) is 71.5 cm³/mol. The Morgan fingerprint density at radius 1 is 1.28 bits per heavy atom. The molecule has 1 fully saturated rings. The predicted octanol–water partition coefficient (Wildman–Crippen LogP) is 2.71. The highest BCUT2D eigenvalue weighted by atomic mass is 16.5. The minimum Gasteiger partial charge on any atom is -0.481 e. The van der Waals surface area contributed by atoms with Gasteiger partial charge in [0.05, 0.1) is 0 Å². The number of nitrogens with zero attached hydrogens (tertiary/aromatic N) is 1. The minimum absolute atomic E-state index is 0.103. The molecule has 0 saturated carbocycles. The van der Waals surface area contributed by atoms with Gasteiger partial charge in [0.25, 0.3) is 5.91 Å². The van der Waals surface area contributed by atoms with Gasteiger partial charge in [-0.05, 0) is 37.8 Å². The third kappa shape index (κ3) is 3.25. The first-order chi connectivity index (χ1) is 8.66. The van der Waals surface area contributed by atoms with Gasteiger partial charge in [-0.2, -0.15) is 0 Å². The van der Waals surface area contributed by atoms with Gasteiger partial charge < -0.3 is 9.64 Å². The number of ether oxygens (including phenoxy) is 1. The molecule has 0 unspecified atom stereocenters. The summed E-state index contributed by atoms with van der Waals surface area (Å²) >= 11 is 0. The van der Waals surface area contributed by atoms with Crippen molar-refractivity contribution >= 4 is 5.91 Å². The Morgan fingerprint density at radius 3 is 2.50 bits per heavy atom. The minimum atomic E-state index is -0.402. The van der Waals surface area contributed by atoms with E-state index in [1.807, 2.05) is 42.2 Å². The van der Waals surface area contributed by atoms with Crippen LogP contribution < -0.4 is 4.74 Å². The molecular weight excluding hydrogens is 226 g/mol. The van der Waals surface area contributed by atoms with Gasteiger partial charge in [-0.3, -0.25) is 4.79 Å². The number of para-hydroxylation sites is 1. The molecule has 0 aliphatic carbocycles. The van der Waals surface area contributed by atoms with Crippen molar-refractivity contribution in [2.24, 2.45) is 5.92 Å². The van der Waals surface area contributed by atoms with Crippen LogP contribution in [-0.4, -0.2) is 30.0 Å². The maximum absolute atomic E-state index is 12.2. The number of hydrogen-bond donors (Lipinski definition) is 0. The van der Waals surface area contributed by atoms with E-state index in [1.54, 1.807) is 0 Å². The first kappa shape index (κ1) is 12.9. The normalized spacial score (nSPS) is 18.4. The van der Waals surface area contributed by atoms with Crippen LogP contribution in [0.4, 0.5) is 0 Å². The number of carbonyl (C=O) groups is 1. The quantitative estimate of drug-likeness (QED) is 0.822. The highest BCUT2D eigenvalue weighted by Crippen LogP contribution is 2.18. The fourth-order valence-electron chi connectivity index (χ4n) is 2.24. The summed E-state index contributed by atoms with van der Waals surface area (Å²) in [5.41, 5.74) is 0. The van der Waals surface area contributed by atoms with Gasteiger partial charge in [-0.15, -0.1) is 0 Å². The molecule has 1 aromatic carbocycles. The second kappa shape index (κ2) is 5.89. The summed E-state index contributed by atoms with van der Waals surface area (Å²) in [6, 6.07) is 9.51. The summed E-state index contributed by atoms with van der Waals surface area (Å²) < 4.78 is 5.66. The molecule has 1 aliphatic heterocycles. The summed E-state index contributed by atoms with van der Waals surface area (Å²) in [5, 5.41) is 0.